The van der Waals surface area contributed by atoms with E-state index in [0.29, 0.717) is 11.6 Å². The Hall–Kier alpha value is -1.75. The van der Waals surface area contributed by atoms with Crippen molar-refractivity contribution >= 4 is 11.8 Å². The lowest BCUT2D eigenvalue weighted by atomic mass is 9.98. The van der Waals surface area contributed by atoms with Crippen molar-refractivity contribution < 1.29 is 14.3 Å². The number of likely N-dealkylation sites (tertiary alicyclic amines) is 1. The minimum Gasteiger partial charge on any atom is -0.493 e. The number of ether oxygens (including phenoxy) is 2. The standard InChI is InChI=1S/C18H28N2O3/c1-18(2,3)23-17(21)19-15-6-5-7-16(12-15)22-13-14-8-10-20(4)11-9-14/h5-7,12,14H,8-11,13H2,1-4H3,(H,19,21). The number of nitrogens with zero attached hydrogens (tertiary/aromatic N) is 1. The first kappa shape index (κ1) is 17.6. The van der Waals surface area contributed by atoms with Gasteiger partial charge in [-0.15, -0.1) is 0 Å². The van der Waals surface area contributed by atoms with Crippen LogP contribution in [-0.4, -0.2) is 43.3 Å². The summed E-state index contributed by atoms with van der Waals surface area (Å²) in [6.45, 7) is 8.52. The molecule has 0 atom stereocenters. The van der Waals surface area contributed by atoms with Gasteiger partial charge >= 0.3 is 6.09 Å². The topological polar surface area (TPSA) is 50.8 Å². The van der Waals surface area contributed by atoms with Crippen molar-refractivity contribution in [3.8, 4) is 5.75 Å². The maximum Gasteiger partial charge on any atom is 0.412 e. The molecule has 1 fully saturated rings. The van der Waals surface area contributed by atoms with Gasteiger partial charge in [0.25, 0.3) is 0 Å². The summed E-state index contributed by atoms with van der Waals surface area (Å²) in [5.41, 5.74) is 0.173. The van der Waals surface area contributed by atoms with E-state index < -0.39 is 11.7 Å². The molecule has 23 heavy (non-hydrogen) atoms. The Kier molecular flexibility index (Phi) is 5.88. The average molecular weight is 320 g/mol. The van der Waals surface area contributed by atoms with Gasteiger partial charge in [0.05, 0.1) is 6.61 Å². The first-order chi connectivity index (χ1) is 10.8. The smallest absolute Gasteiger partial charge is 0.412 e. The number of benzene rings is 1. The second kappa shape index (κ2) is 7.68. The molecule has 0 aromatic heterocycles. The predicted octanol–water partition coefficient (Wildman–Crippen LogP) is 3.75. The summed E-state index contributed by atoms with van der Waals surface area (Å²) in [4.78, 5) is 14.1. The number of piperidine rings is 1. The quantitative estimate of drug-likeness (QED) is 0.918. The van der Waals surface area contributed by atoms with Gasteiger partial charge in [-0.1, -0.05) is 6.07 Å². The molecule has 2 rings (SSSR count). The summed E-state index contributed by atoms with van der Waals surface area (Å²) < 4.78 is 11.1. The lowest BCUT2D eigenvalue weighted by molar-refractivity contribution is 0.0636. The molecule has 1 heterocycles. The van der Waals surface area contributed by atoms with E-state index in [9.17, 15) is 4.79 Å². The van der Waals surface area contributed by atoms with Gasteiger partial charge in [-0.05, 0) is 71.8 Å². The number of amides is 1. The summed E-state index contributed by atoms with van der Waals surface area (Å²) in [5, 5.41) is 2.73. The highest BCUT2D eigenvalue weighted by molar-refractivity contribution is 5.85. The van der Waals surface area contributed by atoms with E-state index in [1.54, 1.807) is 0 Å². The molecule has 0 radical (unpaired) electrons. The second-order valence-electron chi connectivity index (χ2n) is 7.21. The number of carbonyl (C=O) groups is 1. The molecule has 0 saturated carbocycles. The third kappa shape index (κ3) is 6.48. The van der Waals surface area contributed by atoms with Crippen molar-refractivity contribution in [2.45, 2.75) is 39.2 Å². The molecule has 0 bridgehead atoms. The maximum atomic E-state index is 11.8. The molecule has 0 aliphatic carbocycles. The van der Waals surface area contributed by atoms with Crippen LogP contribution in [0.1, 0.15) is 33.6 Å². The molecular weight excluding hydrogens is 292 g/mol. The Morgan fingerprint density at radius 1 is 1.30 bits per heavy atom. The van der Waals surface area contributed by atoms with Crippen molar-refractivity contribution in [3.05, 3.63) is 24.3 Å². The third-order valence-electron chi connectivity index (χ3n) is 3.80. The maximum absolute atomic E-state index is 11.8. The van der Waals surface area contributed by atoms with Gasteiger partial charge < -0.3 is 14.4 Å². The molecule has 1 amide bonds. The third-order valence-corrected chi connectivity index (χ3v) is 3.80. The molecule has 1 aliphatic heterocycles. The van der Waals surface area contributed by atoms with Crippen LogP contribution in [0.25, 0.3) is 0 Å². The van der Waals surface area contributed by atoms with Crippen molar-refractivity contribution in [1.29, 1.82) is 0 Å². The Labute approximate surface area is 139 Å². The van der Waals surface area contributed by atoms with E-state index in [4.69, 9.17) is 9.47 Å². The fourth-order valence-electron chi connectivity index (χ4n) is 2.53. The summed E-state index contributed by atoms with van der Waals surface area (Å²) in [5.74, 6) is 1.38. The molecule has 0 unspecified atom stereocenters. The lowest BCUT2D eigenvalue weighted by Crippen LogP contribution is -2.32. The zero-order valence-corrected chi connectivity index (χ0v) is 14.6. The van der Waals surface area contributed by atoms with Crippen LogP contribution in [0, 0.1) is 5.92 Å². The number of rotatable bonds is 4. The first-order valence-corrected chi connectivity index (χ1v) is 8.23. The summed E-state index contributed by atoms with van der Waals surface area (Å²) >= 11 is 0. The Bertz CT molecular complexity index is 517. The Morgan fingerprint density at radius 3 is 2.65 bits per heavy atom. The summed E-state index contributed by atoms with van der Waals surface area (Å²) in [7, 11) is 2.16. The molecule has 1 saturated heterocycles. The van der Waals surface area contributed by atoms with Crippen LogP contribution < -0.4 is 10.1 Å². The van der Waals surface area contributed by atoms with Gasteiger partial charge in [-0.3, -0.25) is 5.32 Å². The van der Waals surface area contributed by atoms with E-state index in [1.807, 2.05) is 45.0 Å². The number of nitrogens with one attached hydrogen (secondary N) is 1. The predicted molar refractivity (Wildman–Crippen MR) is 92.0 cm³/mol. The van der Waals surface area contributed by atoms with Crippen LogP contribution in [0.5, 0.6) is 5.75 Å². The normalized spacial score (nSPS) is 16.9. The minimum atomic E-state index is -0.508. The second-order valence-corrected chi connectivity index (χ2v) is 7.21. The average Bonchev–Trinajstić information content (AvgIpc) is 2.45. The van der Waals surface area contributed by atoms with Crippen LogP contribution in [0.4, 0.5) is 10.5 Å². The van der Waals surface area contributed by atoms with Crippen LogP contribution in [0.2, 0.25) is 0 Å². The molecule has 5 heteroatoms. The van der Waals surface area contributed by atoms with Crippen LogP contribution in [-0.2, 0) is 4.74 Å². The van der Waals surface area contributed by atoms with Crippen LogP contribution in [0.15, 0.2) is 24.3 Å². The zero-order chi connectivity index (χ0) is 16.9. The van der Waals surface area contributed by atoms with Crippen LogP contribution >= 0.6 is 0 Å². The van der Waals surface area contributed by atoms with Crippen molar-refractivity contribution in [3.63, 3.8) is 0 Å². The molecule has 1 aliphatic rings. The van der Waals surface area contributed by atoms with E-state index in [1.165, 1.54) is 12.8 Å². The molecule has 1 N–H and O–H groups in total. The van der Waals surface area contributed by atoms with Gasteiger partial charge in [0.15, 0.2) is 0 Å². The van der Waals surface area contributed by atoms with E-state index in [2.05, 4.69) is 17.3 Å². The minimum absolute atomic E-state index is 0.454. The number of anilines is 1. The molecule has 1 aromatic carbocycles. The van der Waals surface area contributed by atoms with Gasteiger partial charge in [-0.25, -0.2) is 4.79 Å². The SMILES string of the molecule is CN1CCC(COc2cccc(NC(=O)OC(C)(C)C)c2)CC1. The highest BCUT2D eigenvalue weighted by atomic mass is 16.6. The van der Waals surface area contributed by atoms with Gasteiger partial charge in [-0.2, -0.15) is 0 Å². The largest absolute Gasteiger partial charge is 0.493 e. The lowest BCUT2D eigenvalue weighted by Gasteiger charge is -2.28. The highest BCUT2D eigenvalue weighted by Crippen LogP contribution is 2.21. The fraction of sp³-hybridized carbons (Fsp3) is 0.611. The van der Waals surface area contributed by atoms with E-state index in [0.717, 1.165) is 25.4 Å². The highest BCUT2D eigenvalue weighted by Gasteiger charge is 2.18. The first-order valence-electron chi connectivity index (χ1n) is 8.23. The molecule has 128 valence electrons. The molecule has 0 spiro atoms. The van der Waals surface area contributed by atoms with Gasteiger partial charge in [0.2, 0.25) is 0 Å². The number of hydrogen-bond acceptors (Lipinski definition) is 4. The van der Waals surface area contributed by atoms with E-state index in [-0.39, 0.29) is 0 Å². The number of carbonyl (C=O) groups excluding carboxylic acids is 1. The van der Waals surface area contributed by atoms with Crippen molar-refractivity contribution in [2.24, 2.45) is 5.92 Å². The van der Waals surface area contributed by atoms with Crippen molar-refractivity contribution in [2.75, 3.05) is 32.1 Å². The fourth-order valence-corrected chi connectivity index (χ4v) is 2.53. The Morgan fingerprint density at radius 2 is 2.00 bits per heavy atom. The molecular formula is C18H28N2O3. The van der Waals surface area contributed by atoms with Gasteiger partial charge in [0, 0.05) is 11.8 Å². The van der Waals surface area contributed by atoms with E-state index >= 15 is 0 Å². The molecule has 5 nitrogen and oxygen atoms in total. The Balaban J connectivity index is 1.83. The van der Waals surface area contributed by atoms with Crippen molar-refractivity contribution in [1.82, 2.24) is 4.90 Å². The monoisotopic (exact) mass is 320 g/mol. The van der Waals surface area contributed by atoms with Crippen LogP contribution in [0.3, 0.4) is 0 Å². The van der Waals surface area contributed by atoms with Gasteiger partial charge in [0.1, 0.15) is 11.4 Å². The summed E-state index contributed by atoms with van der Waals surface area (Å²) in [6.07, 6.45) is 1.89. The summed E-state index contributed by atoms with van der Waals surface area (Å²) in [6, 6.07) is 7.44. The number of hydrogen-bond donors (Lipinski definition) is 1. The molecule has 1 aromatic rings. The zero-order valence-electron chi connectivity index (χ0n) is 14.6.